The lowest BCUT2D eigenvalue weighted by atomic mass is 9.91. The highest BCUT2D eigenvalue weighted by Gasteiger charge is 2.32. The highest BCUT2D eigenvalue weighted by molar-refractivity contribution is 5.38. The number of nitrogens with one attached hydrogen (secondary N) is 1. The molecule has 3 rings (SSSR count). The molecule has 84 valence electrons. The van der Waals surface area contributed by atoms with Gasteiger partial charge in [0.05, 0.1) is 11.9 Å². The largest absolute Gasteiger partial charge is 0.370 e. The molecule has 16 heavy (non-hydrogen) atoms. The summed E-state index contributed by atoms with van der Waals surface area (Å²) in [6.45, 7) is 8.40. The number of fused-ring (bicyclic) bond motifs is 3. The van der Waals surface area contributed by atoms with Gasteiger partial charge in [-0.1, -0.05) is 31.7 Å². The van der Waals surface area contributed by atoms with Crippen LogP contribution in [0.25, 0.3) is 0 Å². The molecule has 1 aromatic carbocycles. The third kappa shape index (κ3) is 1.33. The number of hydrogen-bond acceptors (Lipinski definition) is 2. The van der Waals surface area contributed by atoms with Crippen LogP contribution in [0.4, 0.5) is 0 Å². The minimum Gasteiger partial charge on any atom is -0.370 e. The van der Waals surface area contributed by atoms with Crippen molar-refractivity contribution < 1.29 is 0 Å². The van der Waals surface area contributed by atoms with Gasteiger partial charge in [-0.3, -0.25) is 0 Å². The number of nitrogens with zero attached hydrogens (tertiary/aromatic N) is 1. The smallest absolute Gasteiger partial charge is 0.0945 e. The van der Waals surface area contributed by atoms with Crippen LogP contribution in [-0.4, -0.2) is 18.0 Å². The molecule has 0 amide bonds. The molecule has 0 aliphatic carbocycles. The van der Waals surface area contributed by atoms with Crippen molar-refractivity contribution >= 4 is 0 Å². The second-order valence-corrected chi connectivity index (χ2v) is 4.67. The Morgan fingerprint density at radius 1 is 1.50 bits per heavy atom. The monoisotopic (exact) mass is 214 g/mol. The summed E-state index contributed by atoms with van der Waals surface area (Å²) in [7, 11) is 0. The Bertz CT molecular complexity index is 436. The molecule has 0 bridgehead atoms. The first-order valence-electron chi connectivity index (χ1n) is 6.10. The molecule has 1 unspecified atom stereocenters. The van der Waals surface area contributed by atoms with Crippen molar-refractivity contribution in [2.45, 2.75) is 25.8 Å². The van der Waals surface area contributed by atoms with Crippen molar-refractivity contribution in [1.82, 2.24) is 10.2 Å². The predicted molar refractivity (Wildman–Crippen MR) is 66.1 cm³/mol. The first-order valence-corrected chi connectivity index (χ1v) is 6.10. The number of rotatable bonds is 1. The summed E-state index contributed by atoms with van der Waals surface area (Å²) >= 11 is 0. The average molecular weight is 214 g/mol. The van der Waals surface area contributed by atoms with E-state index in [0.717, 1.165) is 31.8 Å². The normalized spacial score (nSPS) is 22.7. The summed E-state index contributed by atoms with van der Waals surface area (Å²) in [6.07, 6.45) is 2.28. The standard InChI is InChI=1S/C14H18N2/c1-3-11-4-5-13-12(8-11)6-7-16-10(2)15-9-14(13)16/h4-5,8,14-15H,2-3,6-7,9H2,1H3. The summed E-state index contributed by atoms with van der Waals surface area (Å²) in [5.74, 6) is 1.09. The van der Waals surface area contributed by atoms with Gasteiger partial charge >= 0.3 is 0 Å². The molecule has 0 saturated carbocycles. The van der Waals surface area contributed by atoms with E-state index in [4.69, 9.17) is 0 Å². The van der Waals surface area contributed by atoms with Gasteiger partial charge in [0.25, 0.3) is 0 Å². The maximum absolute atomic E-state index is 4.06. The van der Waals surface area contributed by atoms with Crippen LogP contribution in [-0.2, 0) is 12.8 Å². The quantitative estimate of drug-likeness (QED) is 0.771. The summed E-state index contributed by atoms with van der Waals surface area (Å²) in [5, 5.41) is 3.36. The topological polar surface area (TPSA) is 15.3 Å². The second-order valence-electron chi connectivity index (χ2n) is 4.67. The fourth-order valence-corrected chi connectivity index (χ4v) is 2.84. The third-order valence-electron chi connectivity index (χ3n) is 3.82. The van der Waals surface area contributed by atoms with Gasteiger partial charge in [0.15, 0.2) is 0 Å². The lowest BCUT2D eigenvalue weighted by molar-refractivity contribution is 0.292. The summed E-state index contributed by atoms with van der Waals surface area (Å²) in [4.78, 5) is 2.40. The molecule has 1 aromatic rings. The Morgan fingerprint density at radius 2 is 2.38 bits per heavy atom. The van der Waals surface area contributed by atoms with Crippen LogP contribution in [0.15, 0.2) is 30.6 Å². The molecule has 2 nitrogen and oxygen atoms in total. The Labute approximate surface area is 97.0 Å². The van der Waals surface area contributed by atoms with E-state index in [9.17, 15) is 0 Å². The van der Waals surface area contributed by atoms with Gasteiger partial charge in [0, 0.05) is 13.1 Å². The SMILES string of the molecule is C=C1NCC2c3ccc(CC)cc3CCN12. The van der Waals surface area contributed by atoms with Crippen LogP contribution in [0.5, 0.6) is 0 Å². The highest BCUT2D eigenvalue weighted by atomic mass is 15.3. The van der Waals surface area contributed by atoms with Crippen LogP contribution < -0.4 is 5.32 Å². The zero-order valence-corrected chi connectivity index (χ0v) is 9.79. The maximum atomic E-state index is 4.06. The number of hydrogen-bond donors (Lipinski definition) is 1. The first-order chi connectivity index (χ1) is 7.79. The van der Waals surface area contributed by atoms with Gasteiger partial charge in [-0.25, -0.2) is 0 Å². The summed E-state index contributed by atoms with van der Waals surface area (Å²) < 4.78 is 0. The molecule has 2 aliphatic rings. The van der Waals surface area contributed by atoms with Gasteiger partial charge in [0.2, 0.25) is 0 Å². The van der Waals surface area contributed by atoms with Crippen LogP contribution in [0.2, 0.25) is 0 Å². The van der Waals surface area contributed by atoms with Gasteiger partial charge in [-0.15, -0.1) is 0 Å². The van der Waals surface area contributed by atoms with E-state index in [2.05, 4.69) is 41.9 Å². The lowest BCUT2D eigenvalue weighted by Crippen LogP contribution is -2.30. The van der Waals surface area contributed by atoms with Gasteiger partial charge in [-0.05, 0) is 29.5 Å². The molecule has 2 aliphatic heterocycles. The van der Waals surface area contributed by atoms with Crippen molar-refractivity contribution in [2.24, 2.45) is 0 Å². The number of benzene rings is 1. The molecule has 0 radical (unpaired) electrons. The second kappa shape index (κ2) is 3.55. The van der Waals surface area contributed by atoms with E-state index in [1.807, 2.05) is 0 Å². The highest BCUT2D eigenvalue weighted by Crippen LogP contribution is 2.34. The Balaban J connectivity index is 2.01. The molecule has 1 N–H and O–H groups in total. The third-order valence-corrected chi connectivity index (χ3v) is 3.82. The molecule has 1 fully saturated rings. The minimum atomic E-state index is 0.516. The molecule has 0 spiro atoms. The summed E-state index contributed by atoms with van der Waals surface area (Å²) in [6, 6.07) is 7.48. The van der Waals surface area contributed by atoms with Gasteiger partial charge in [0.1, 0.15) is 0 Å². The summed E-state index contributed by atoms with van der Waals surface area (Å²) in [5.41, 5.74) is 4.49. The molecule has 0 aromatic heterocycles. The van der Waals surface area contributed by atoms with Crippen LogP contribution >= 0.6 is 0 Å². The van der Waals surface area contributed by atoms with E-state index in [1.54, 1.807) is 0 Å². The van der Waals surface area contributed by atoms with Crippen LogP contribution in [0, 0.1) is 0 Å². The van der Waals surface area contributed by atoms with E-state index in [-0.39, 0.29) is 0 Å². The molecular weight excluding hydrogens is 196 g/mol. The van der Waals surface area contributed by atoms with Crippen molar-refractivity contribution in [3.8, 4) is 0 Å². The fraction of sp³-hybridized carbons (Fsp3) is 0.429. The van der Waals surface area contributed by atoms with Crippen molar-refractivity contribution in [3.63, 3.8) is 0 Å². The predicted octanol–water partition coefficient (Wildman–Crippen LogP) is 2.22. The molecule has 1 saturated heterocycles. The van der Waals surface area contributed by atoms with E-state index >= 15 is 0 Å². The molecular formula is C14H18N2. The number of aryl methyl sites for hydroxylation is 1. The lowest BCUT2D eigenvalue weighted by Gasteiger charge is -2.32. The van der Waals surface area contributed by atoms with Crippen LogP contribution in [0.3, 0.4) is 0 Å². The van der Waals surface area contributed by atoms with E-state index in [1.165, 1.54) is 16.7 Å². The Morgan fingerprint density at radius 3 is 3.19 bits per heavy atom. The average Bonchev–Trinajstić information content (AvgIpc) is 2.70. The zero-order chi connectivity index (χ0) is 11.1. The Kier molecular flexibility index (Phi) is 2.16. The Hall–Kier alpha value is -1.44. The first kappa shape index (κ1) is 9.76. The minimum absolute atomic E-state index is 0.516. The van der Waals surface area contributed by atoms with Gasteiger partial charge < -0.3 is 10.2 Å². The fourth-order valence-electron chi connectivity index (χ4n) is 2.84. The molecule has 1 atom stereocenters. The van der Waals surface area contributed by atoms with E-state index < -0.39 is 0 Å². The van der Waals surface area contributed by atoms with E-state index in [0.29, 0.717) is 6.04 Å². The van der Waals surface area contributed by atoms with Crippen LogP contribution in [0.1, 0.15) is 29.7 Å². The molecule has 2 heteroatoms. The van der Waals surface area contributed by atoms with Gasteiger partial charge in [-0.2, -0.15) is 0 Å². The molecule has 2 heterocycles. The zero-order valence-electron chi connectivity index (χ0n) is 9.79. The van der Waals surface area contributed by atoms with Crippen molar-refractivity contribution in [3.05, 3.63) is 47.3 Å². The maximum Gasteiger partial charge on any atom is 0.0945 e. The van der Waals surface area contributed by atoms with Crippen molar-refractivity contribution in [2.75, 3.05) is 13.1 Å². The van der Waals surface area contributed by atoms with Crippen molar-refractivity contribution in [1.29, 1.82) is 0 Å².